The molecule has 0 saturated heterocycles. The van der Waals surface area contributed by atoms with Crippen molar-refractivity contribution in [2.45, 2.75) is 26.4 Å². The van der Waals surface area contributed by atoms with Crippen LogP contribution in [0.1, 0.15) is 29.5 Å². The number of aryl methyl sites for hydroxylation is 2. The number of hydrogen-bond donors (Lipinski definition) is 2. The summed E-state index contributed by atoms with van der Waals surface area (Å²) in [6.45, 7) is 4.38. The van der Waals surface area contributed by atoms with E-state index in [1.807, 2.05) is 26.0 Å². The third-order valence-electron chi connectivity index (χ3n) is 2.86. The van der Waals surface area contributed by atoms with Crippen molar-refractivity contribution < 1.29 is 9.63 Å². The lowest BCUT2D eigenvalue weighted by molar-refractivity contribution is 0.127. The molecule has 0 aliphatic carbocycles. The summed E-state index contributed by atoms with van der Waals surface area (Å²) in [7, 11) is 0. The average Bonchev–Trinajstić information content (AvgIpc) is 2.85. The molecule has 2 aromatic rings. The average molecular weight is 326 g/mol. The molecule has 0 amide bonds. The fourth-order valence-corrected chi connectivity index (χ4v) is 2.07. The monoisotopic (exact) mass is 325 g/mol. The number of aliphatic hydroxyl groups is 1. The summed E-state index contributed by atoms with van der Waals surface area (Å²) >= 11 is 3.52. The van der Waals surface area contributed by atoms with Crippen LogP contribution in [0.3, 0.4) is 0 Å². The molecule has 0 unspecified atom stereocenters. The van der Waals surface area contributed by atoms with Gasteiger partial charge in [0.2, 0.25) is 5.82 Å². The van der Waals surface area contributed by atoms with Crippen LogP contribution in [0.2, 0.25) is 0 Å². The topological polar surface area (TPSA) is 85.2 Å². The highest BCUT2D eigenvalue weighted by Gasteiger charge is 2.16. The van der Waals surface area contributed by atoms with Gasteiger partial charge in [0.25, 0.3) is 5.89 Å². The number of benzene rings is 1. The maximum atomic E-state index is 9.75. The van der Waals surface area contributed by atoms with E-state index in [1.165, 1.54) is 0 Å². The summed E-state index contributed by atoms with van der Waals surface area (Å²) < 4.78 is 6.14. The quantitative estimate of drug-likeness (QED) is 0.902. The van der Waals surface area contributed by atoms with Crippen molar-refractivity contribution in [2.75, 3.05) is 6.54 Å². The van der Waals surface area contributed by atoms with Crippen LogP contribution in [0.5, 0.6) is 0 Å². The van der Waals surface area contributed by atoms with Crippen molar-refractivity contribution >= 4 is 15.9 Å². The van der Waals surface area contributed by atoms with Gasteiger partial charge in [0.1, 0.15) is 6.10 Å². The molecule has 0 fully saturated rings. The van der Waals surface area contributed by atoms with Gasteiger partial charge in [-0.2, -0.15) is 4.98 Å². The van der Waals surface area contributed by atoms with Crippen molar-refractivity contribution in [1.82, 2.24) is 10.1 Å². The second-order valence-electron chi connectivity index (χ2n) is 4.47. The molecule has 0 aliphatic rings. The molecule has 0 saturated carbocycles. The molecular formula is C13H16BrN3O2. The number of nitrogens with two attached hydrogens (primary N) is 1. The number of aromatic nitrogens is 2. The van der Waals surface area contributed by atoms with Crippen LogP contribution >= 0.6 is 15.9 Å². The third kappa shape index (κ3) is 3.02. The second-order valence-corrected chi connectivity index (χ2v) is 5.27. The minimum atomic E-state index is -0.802. The zero-order valence-corrected chi connectivity index (χ0v) is 12.4. The Kier molecular flexibility index (Phi) is 4.34. The van der Waals surface area contributed by atoms with E-state index < -0.39 is 6.10 Å². The van der Waals surface area contributed by atoms with Gasteiger partial charge in [0.05, 0.1) is 0 Å². The van der Waals surface area contributed by atoms with Gasteiger partial charge in [-0.15, -0.1) is 0 Å². The van der Waals surface area contributed by atoms with E-state index >= 15 is 0 Å². The largest absolute Gasteiger partial charge is 0.383 e. The zero-order valence-electron chi connectivity index (χ0n) is 10.9. The van der Waals surface area contributed by atoms with Crippen molar-refractivity contribution in [3.05, 3.63) is 33.6 Å². The number of nitrogens with zero attached hydrogens (tertiary/aromatic N) is 2. The Morgan fingerprint density at radius 1 is 1.37 bits per heavy atom. The molecule has 1 heterocycles. The summed E-state index contributed by atoms with van der Waals surface area (Å²) in [6.07, 6.45) is -0.399. The van der Waals surface area contributed by atoms with E-state index in [9.17, 15) is 5.11 Å². The van der Waals surface area contributed by atoms with E-state index in [0.717, 1.165) is 21.2 Å². The lowest BCUT2D eigenvalue weighted by atomic mass is 10.1. The summed E-state index contributed by atoms with van der Waals surface area (Å²) in [6, 6.07) is 3.95. The molecule has 2 rings (SSSR count). The van der Waals surface area contributed by atoms with E-state index in [1.54, 1.807) is 0 Å². The molecule has 5 nitrogen and oxygen atoms in total. The Hall–Kier alpha value is -1.24. The normalized spacial score (nSPS) is 12.7. The van der Waals surface area contributed by atoms with E-state index in [0.29, 0.717) is 18.8 Å². The highest BCUT2D eigenvalue weighted by Crippen LogP contribution is 2.27. The van der Waals surface area contributed by atoms with Crippen LogP contribution in [-0.4, -0.2) is 21.8 Å². The first-order valence-corrected chi connectivity index (χ1v) is 6.81. The van der Waals surface area contributed by atoms with Gasteiger partial charge < -0.3 is 15.4 Å². The summed E-state index contributed by atoms with van der Waals surface area (Å²) in [5.74, 6) is 0.684. The van der Waals surface area contributed by atoms with Crippen LogP contribution in [0.4, 0.5) is 0 Å². The second kappa shape index (κ2) is 5.81. The first kappa shape index (κ1) is 14.2. The molecule has 1 atom stereocenters. The van der Waals surface area contributed by atoms with E-state index in [4.69, 9.17) is 10.3 Å². The lowest BCUT2D eigenvalue weighted by Gasteiger charge is -2.04. The fraction of sp³-hybridized carbons (Fsp3) is 0.385. The van der Waals surface area contributed by atoms with Gasteiger partial charge >= 0.3 is 0 Å². The Morgan fingerprint density at radius 2 is 2.00 bits per heavy atom. The van der Waals surface area contributed by atoms with Gasteiger partial charge in [-0.3, -0.25) is 0 Å². The highest BCUT2D eigenvalue weighted by atomic mass is 79.9. The SMILES string of the molecule is Cc1cc(-c2noc([C@@H](O)CCN)n2)cc(C)c1Br. The number of hydrogen-bond acceptors (Lipinski definition) is 5. The van der Waals surface area contributed by atoms with Crippen LogP contribution in [0.15, 0.2) is 21.1 Å². The summed E-state index contributed by atoms with van der Waals surface area (Å²) in [5, 5.41) is 13.6. The standard InChI is InChI=1S/C13H16BrN3O2/c1-7-5-9(6-8(2)11(7)14)12-16-13(19-17-12)10(18)3-4-15/h5-6,10,18H,3-4,15H2,1-2H3/t10-/m0/s1. The maximum absolute atomic E-state index is 9.75. The van der Waals surface area contributed by atoms with Crippen molar-refractivity contribution in [3.63, 3.8) is 0 Å². The van der Waals surface area contributed by atoms with Gasteiger partial charge in [0, 0.05) is 10.0 Å². The van der Waals surface area contributed by atoms with Crippen LogP contribution in [-0.2, 0) is 0 Å². The first-order valence-electron chi connectivity index (χ1n) is 6.01. The minimum absolute atomic E-state index is 0.207. The van der Waals surface area contributed by atoms with Crippen LogP contribution in [0, 0.1) is 13.8 Å². The van der Waals surface area contributed by atoms with Crippen molar-refractivity contribution in [2.24, 2.45) is 5.73 Å². The lowest BCUT2D eigenvalue weighted by Crippen LogP contribution is -2.06. The highest BCUT2D eigenvalue weighted by molar-refractivity contribution is 9.10. The van der Waals surface area contributed by atoms with Crippen molar-refractivity contribution in [1.29, 1.82) is 0 Å². The smallest absolute Gasteiger partial charge is 0.255 e. The number of rotatable bonds is 4. The molecule has 0 spiro atoms. The molecule has 6 heteroatoms. The molecule has 3 N–H and O–H groups in total. The zero-order chi connectivity index (χ0) is 14.0. The molecule has 1 aromatic carbocycles. The molecule has 0 radical (unpaired) electrons. The fourth-order valence-electron chi connectivity index (χ4n) is 1.84. The third-order valence-corrected chi connectivity index (χ3v) is 4.11. The maximum Gasteiger partial charge on any atom is 0.255 e. The first-order chi connectivity index (χ1) is 9.02. The Balaban J connectivity index is 2.33. The molecule has 1 aromatic heterocycles. The van der Waals surface area contributed by atoms with Gasteiger partial charge in [-0.25, -0.2) is 0 Å². The van der Waals surface area contributed by atoms with Crippen LogP contribution in [0.25, 0.3) is 11.4 Å². The Bertz CT molecular complexity index is 560. The molecule has 19 heavy (non-hydrogen) atoms. The predicted octanol–water partition coefficient (Wildman–Crippen LogP) is 2.50. The molecule has 0 bridgehead atoms. The van der Waals surface area contributed by atoms with Gasteiger partial charge in [-0.1, -0.05) is 21.1 Å². The number of halogens is 1. The molecule has 0 aliphatic heterocycles. The number of aliphatic hydroxyl groups excluding tert-OH is 1. The Labute approximate surface area is 119 Å². The van der Waals surface area contributed by atoms with E-state index in [-0.39, 0.29) is 5.89 Å². The molecule has 102 valence electrons. The predicted molar refractivity (Wildman–Crippen MR) is 75.5 cm³/mol. The van der Waals surface area contributed by atoms with Crippen molar-refractivity contribution in [3.8, 4) is 11.4 Å². The summed E-state index contributed by atoms with van der Waals surface area (Å²) in [4.78, 5) is 4.21. The van der Waals surface area contributed by atoms with Crippen LogP contribution < -0.4 is 5.73 Å². The van der Waals surface area contributed by atoms with Gasteiger partial charge in [-0.05, 0) is 50.1 Å². The Morgan fingerprint density at radius 3 is 2.58 bits per heavy atom. The van der Waals surface area contributed by atoms with E-state index in [2.05, 4.69) is 26.1 Å². The minimum Gasteiger partial charge on any atom is -0.383 e. The summed E-state index contributed by atoms with van der Waals surface area (Å²) in [5.41, 5.74) is 8.46. The molecular weight excluding hydrogens is 310 g/mol. The van der Waals surface area contributed by atoms with Gasteiger partial charge in [0.15, 0.2) is 0 Å².